The Labute approximate surface area is 119 Å². The Morgan fingerprint density at radius 1 is 1.40 bits per heavy atom. The van der Waals surface area contributed by atoms with Gasteiger partial charge in [-0.1, -0.05) is 13.3 Å². The molecular formula is C15H23N3O2. The van der Waals surface area contributed by atoms with Crippen LogP contribution in [0.15, 0.2) is 23.1 Å². The zero-order valence-electron chi connectivity index (χ0n) is 12.4. The number of amides is 1. The average molecular weight is 277 g/mol. The fourth-order valence-corrected chi connectivity index (χ4v) is 2.99. The minimum Gasteiger partial charge on any atom is -0.337 e. The van der Waals surface area contributed by atoms with Gasteiger partial charge in [0.25, 0.3) is 5.91 Å². The molecule has 5 heteroatoms. The van der Waals surface area contributed by atoms with Gasteiger partial charge in [0, 0.05) is 31.4 Å². The van der Waals surface area contributed by atoms with Crippen molar-refractivity contribution in [3.8, 4) is 0 Å². The molecule has 1 aliphatic rings. The van der Waals surface area contributed by atoms with E-state index in [-0.39, 0.29) is 11.5 Å². The van der Waals surface area contributed by atoms with Crippen LogP contribution in [-0.2, 0) is 0 Å². The number of likely N-dealkylation sites (N-methyl/N-ethyl adjacent to an activating group) is 1. The second-order valence-electron chi connectivity index (χ2n) is 5.73. The maximum Gasteiger partial charge on any atom is 0.255 e. The van der Waals surface area contributed by atoms with Crippen LogP contribution in [0, 0.1) is 5.92 Å². The van der Waals surface area contributed by atoms with Crippen molar-refractivity contribution < 1.29 is 4.79 Å². The number of nitrogens with zero attached hydrogens (tertiary/aromatic N) is 2. The van der Waals surface area contributed by atoms with E-state index in [1.165, 1.54) is 12.3 Å². The fraction of sp³-hybridized carbons (Fsp3) is 0.600. The Morgan fingerprint density at radius 3 is 2.70 bits per heavy atom. The predicted octanol–water partition coefficient (Wildman–Crippen LogP) is 1.18. The molecule has 0 radical (unpaired) electrons. The van der Waals surface area contributed by atoms with Gasteiger partial charge in [-0.2, -0.15) is 0 Å². The summed E-state index contributed by atoms with van der Waals surface area (Å²) in [6.45, 7) is 3.74. The van der Waals surface area contributed by atoms with Gasteiger partial charge in [0.05, 0.1) is 5.56 Å². The van der Waals surface area contributed by atoms with Crippen LogP contribution in [0.3, 0.4) is 0 Å². The number of hydrogen-bond acceptors (Lipinski definition) is 3. The molecule has 1 fully saturated rings. The predicted molar refractivity (Wildman–Crippen MR) is 78.8 cm³/mol. The molecule has 0 unspecified atom stereocenters. The first-order chi connectivity index (χ1) is 9.52. The van der Waals surface area contributed by atoms with E-state index in [2.05, 4.69) is 30.9 Å². The van der Waals surface area contributed by atoms with Gasteiger partial charge in [-0.3, -0.25) is 9.59 Å². The Balaban J connectivity index is 2.11. The van der Waals surface area contributed by atoms with Gasteiger partial charge in [-0.05, 0) is 32.5 Å². The lowest BCUT2D eigenvalue weighted by atomic mass is 9.98. The van der Waals surface area contributed by atoms with Crippen molar-refractivity contribution in [2.24, 2.45) is 5.92 Å². The van der Waals surface area contributed by atoms with Gasteiger partial charge in [0.2, 0.25) is 5.56 Å². The quantitative estimate of drug-likeness (QED) is 0.899. The van der Waals surface area contributed by atoms with Crippen molar-refractivity contribution in [3.05, 3.63) is 34.2 Å². The largest absolute Gasteiger partial charge is 0.337 e. The number of rotatable bonds is 4. The number of nitrogens with one attached hydrogen (secondary N) is 1. The third-order valence-electron chi connectivity index (χ3n) is 4.05. The molecule has 0 bridgehead atoms. The number of carbonyl (C=O) groups excluding carboxylic acids is 1. The molecule has 0 saturated carbocycles. The SMILES string of the molecule is CCC[C@@H]1CN(C(=O)c2ccc(=O)[nH]c2)C[C@H]1N(C)C. The zero-order chi connectivity index (χ0) is 14.7. The Morgan fingerprint density at radius 2 is 2.15 bits per heavy atom. The average Bonchev–Trinajstić information content (AvgIpc) is 2.83. The van der Waals surface area contributed by atoms with E-state index in [9.17, 15) is 9.59 Å². The second-order valence-corrected chi connectivity index (χ2v) is 5.73. The Hall–Kier alpha value is -1.62. The van der Waals surface area contributed by atoms with E-state index in [1.807, 2.05) is 4.90 Å². The summed E-state index contributed by atoms with van der Waals surface area (Å²) >= 11 is 0. The highest BCUT2D eigenvalue weighted by Crippen LogP contribution is 2.25. The summed E-state index contributed by atoms with van der Waals surface area (Å²) in [7, 11) is 4.14. The lowest BCUT2D eigenvalue weighted by Crippen LogP contribution is -2.36. The molecule has 110 valence electrons. The summed E-state index contributed by atoms with van der Waals surface area (Å²) in [6.07, 6.45) is 3.77. The molecule has 1 N–H and O–H groups in total. The van der Waals surface area contributed by atoms with Crippen molar-refractivity contribution in [2.45, 2.75) is 25.8 Å². The maximum absolute atomic E-state index is 12.5. The molecule has 0 aromatic carbocycles. The van der Waals surface area contributed by atoms with Gasteiger partial charge >= 0.3 is 0 Å². The first-order valence-corrected chi connectivity index (χ1v) is 7.17. The lowest BCUT2D eigenvalue weighted by molar-refractivity contribution is 0.0780. The number of pyridine rings is 1. The molecule has 20 heavy (non-hydrogen) atoms. The van der Waals surface area contributed by atoms with E-state index in [0.717, 1.165) is 25.9 Å². The number of aromatic amines is 1. The summed E-state index contributed by atoms with van der Waals surface area (Å²) < 4.78 is 0. The molecule has 1 aromatic rings. The van der Waals surface area contributed by atoms with Crippen molar-refractivity contribution in [2.75, 3.05) is 27.2 Å². The molecule has 5 nitrogen and oxygen atoms in total. The van der Waals surface area contributed by atoms with E-state index in [1.54, 1.807) is 6.07 Å². The van der Waals surface area contributed by atoms with Gasteiger partial charge < -0.3 is 14.8 Å². The van der Waals surface area contributed by atoms with Crippen molar-refractivity contribution in [3.63, 3.8) is 0 Å². The molecule has 0 spiro atoms. The van der Waals surface area contributed by atoms with Crippen LogP contribution in [0.2, 0.25) is 0 Å². The molecule has 1 amide bonds. The highest BCUT2D eigenvalue weighted by atomic mass is 16.2. The van der Waals surface area contributed by atoms with Crippen molar-refractivity contribution >= 4 is 5.91 Å². The number of aromatic nitrogens is 1. The topological polar surface area (TPSA) is 56.4 Å². The van der Waals surface area contributed by atoms with Crippen LogP contribution in [-0.4, -0.2) is 53.9 Å². The molecule has 2 heterocycles. The Bertz CT molecular complexity index is 504. The fourth-order valence-electron chi connectivity index (χ4n) is 2.99. The number of carbonyl (C=O) groups is 1. The van der Waals surface area contributed by atoms with Gasteiger partial charge in [-0.15, -0.1) is 0 Å². The monoisotopic (exact) mass is 277 g/mol. The summed E-state index contributed by atoms with van der Waals surface area (Å²) in [6, 6.07) is 3.41. The van der Waals surface area contributed by atoms with E-state index >= 15 is 0 Å². The van der Waals surface area contributed by atoms with E-state index in [0.29, 0.717) is 17.5 Å². The maximum atomic E-state index is 12.5. The normalized spacial score (nSPS) is 22.5. The summed E-state index contributed by atoms with van der Waals surface area (Å²) in [5.41, 5.74) is 0.372. The van der Waals surface area contributed by atoms with E-state index in [4.69, 9.17) is 0 Å². The van der Waals surface area contributed by atoms with Gasteiger partial charge in [0.1, 0.15) is 0 Å². The molecule has 2 rings (SSSR count). The molecule has 1 saturated heterocycles. The third-order valence-corrected chi connectivity index (χ3v) is 4.05. The first kappa shape index (κ1) is 14.8. The second kappa shape index (κ2) is 6.22. The van der Waals surface area contributed by atoms with Crippen molar-refractivity contribution in [1.82, 2.24) is 14.8 Å². The minimum atomic E-state index is -0.182. The molecule has 2 atom stereocenters. The van der Waals surface area contributed by atoms with Crippen LogP contribution < -0.4 is 5.56 Å². The third kappa shape index (κ3) is 3.10. The minimum absolute atomic E-state index is 0.00621. The zero-order valence-corrected chi connectivity index (χ0v) is 12.4. The summed E-state index contributed by atoms with van der Waals surface area (Å²) in [4.78, 5) is 30.2. The van der Waals surface area contributed by atoms with E-state index < -0.39 is 0 Å². The Kier molecular flexibility index (Phi) is 4.60. The summed E-state index contributed by atoms with van der Waals surface area (Å²) in [5.74, 6) is 0.536. The number of hydrogen-bond donors (Lipinski definition) is 1. The molecular weight excluding hydrogens is 254 g/mol. The first-order valence-electron chi connectivity index (χ1n) is 7.17. The van der Waals surface area contributed by atoms with Crippen LogP contribution in [0.1, 0.15) is 30.1 Å². The smallest absolute Gasteiger partial charge is 0.255 e. The highest BCUT2D eigenvalue weighted by molar-refractivity contribution is 5.94. The van der Waals surface area contributed by atoms with Gasteiger partial charge in [0.15, 0.2) is 0 Å². The van der Waals surface area contributed by atoms with Crippen LogP contribution in [0.4, 0.5) is 0 Å². The van der Waals surface area contributed by atoms with Crippen LogP contribution >= 0.6 is 0 Å². The van der Waals surface area contributed by atoms with Crippen molar-refractivity contribution in [1.29, 1.82) is 0 Å². The van der Waals surface area contributed by atoms with Crippen LogP contribution in [0.5, 0.6) is 0 Å². The summed E-state index contributed by atoms with van der Waals surface area (Å²) in [5, 5.41) is 0. The van der Waals surface area contributed by atoms with Crippen LogP contribution in [0.25, 0.3) is 0 Å². The number of likely N-dealkylation sites (tertiary alicyclic amines) is 1. The molecule has 1 aromatic heterocycles. The molecule has 0 aliphatic carbocycles. The highest BCUT2D eigenvalue weighted by Gasteiger charge is 2.35. The lowest BCUT2D eigenvalue weighted by Gasteiger charge is -2.24. The molecule has 1 aliphatic heterocycles. The van der Waals surface area contributed by atoms with Gasteiger partial charge in [-0.25, -0.2) is 0 Å². The standard InChI is InChI=1S/C15H23N3O2/c1-4-5-12-9-18(10-13(12)17(2)3)15(20)11-6-7-14(19)16-8-11/h6-8,12-13H,4-5,9-10H2,1-3H3,(H,16,19)/t12-,13-/m1/s1. The number of H-pyrrole nitrogens is 1.